The summed E-state index contributed by atoms with van der Waals surface area (Å²) >= 11 is 10.5. The van der Waals surface area contributed by atoms with E-state index in [0.29, 0.717) is 59.0 Å². The maximum atomic E-state index is 13.7. The summed E-state index contributed by atoms with van der Waals surface area (Å²) in [6.07, 6.45) is 2.81. The summed E-state index contributed by atoms with van der Waals surface area (Å²) in [5, 5.41) is 13.3. The van der Waals surface area contributed by atoms with Crippen LogP contribution >= 0.6 is 27.5 Å². The van der Waals surface area contributed by atoms with Crippen LogP contribution in [-0.4, -0.2) is 51.7 Å². The molecule has 0 saturated heterocycles. The molecule has 3 aromatic carbocycles. The number of ether oxygens (including phenoxy) is 2. The molecular formula is C39H41BrClN5O5S. The van der Waals surface area contributed by atoms with Crippen molar-refractivity contribution in [3.8, 4) is 16.9 Å². The Morgan fingerprint density at radius 1 is 1.02 bits per heavy atom. The van der Waals surface area contributed by atoms with Gasteiger partial charge >= 0.3 is 5.97 Å². The summed E-state index contributed by atoms with van der Waals surface area (Å²) < 4.78 is 44.8. The van der Waals surface area contributed by atoms with Crippen LogP contribution in [0.15, 0.2) is 54.6 Å². The lowest BCUT2D eigenvalue weighted by molar-refractivity contribution is 0.0514. The predicted molar refractivity (Wildman–Crippen MR) is 208 cm³/mol. The molecule has 7 rings (SSSR count). The normalized spacial score (nSPS) is 13.0. The Balaban J connectivity index is 1.27. The van der Waals surface area contributed by atoms with E-state index in [1.54, 1.807) is 24.7 Å². The van der Waals surface area contributed by atoms with Gasteiger partial charge in [0.1, 0.15) is 11.4 Å². The largest absolute Gasteiger partial charge is 0.493 e. The molecule has 1 aliphatic heterocycles. The lowest BCUT2D eigenvalue weighted by Crippen LogP contribution is -2.13. The fourth-order valence-corrected chi connectivity index (χ4v) is 9.63. The Bertz CT molecular complexity index is 2450. The molecule has 0 aliphatic carbocycles. The molecule has 13 heteroatoms. The van der Waals surface area contributed by atoms with Crippen molar-refractivity contribution < 1.29 is 22.7 Å². The maximum Gasteiger partial charge on any atom is 0.355 e. The molecule has 0 fully saturated rings. The van der Waals surface area contributed by atoms with Crippen LogP contribution in [0.1, 0.15) is 64.2 Å². The van der Waals surface area contributed by atoms with Crippen molar-refractivity contribution in [2.24, 2.45) is 14.1 Å². The van der Waals surface area contributed by atoms with Gasteiger partial charge < -0.3 is 14.0 Å². The zero-order valence-corrected chi connectivity index (χ0v) is 32.9. The van der Waals surface area contributed by atoms with Crippen LogP contribution in [-0.2, 0) is 64.9 Å². The number of aromatic nitrogens is 5. The zero-order valence-electron chi connectivity index (χ0n) is 29.7. The van der Waals surface area contributed by atoms with Gasteiger partial charge in [0, 0.05) is 59.3 Å². The van der Waals surface area contributed by atoms with Crippen molar-refractivity contribution in [1.82, 2.24) is 24.1 Å². The highest BCUT2D eigenvalue weighted by atomic mass is 79.9. The van der Waals surface area contributed by atoms with Crippen LogP contribution < -0.4 is 4.74 Å². The van der Waals surface area contributed by atoms with Gasteiger partial charge in [-0.25, -0.2) is 13.2 Å². The predicted octanol–water partition coefficient (Wildman–Crippen LogP) is 8.03. The Hall–Kier alpha value is -4.13. The van der Waals surface area contributed by atoms with Crippen LogP contribution in [0, 0.1) is 6.92 Å². The minimum atomic E-state index is -3.68. The van der Waals surface area contributed by atoms with E-state index in [0.717, 1.165) is 68.3 Å². The number of alkyl halides is 1. The quantitative estimate of drug-likeness (QED) is 0.0661. The monoisotopic (exact) mass is 805 g/mol. The first-order valence-corrected chi connectivity index (χ1v) is 20.8. The van der Waals surface area contributed by atoms with Gasteiger partial charge in [0.05, 0.1) is 46.6 Å². The number of carbonyl (C=O) groups is 1. The molecular weight excluding hydrogens is 766 g/mol. The Morgan fingerprint density at radius 3 is 2.60 bits per heavy atom. The maximum absolute atomic E-state index is 13.7. The molecule has 272 valence electrons. The Kier molecular flexibility index (Phi) is 10.3. The van der Waals surface area contributed by atoms with E-state index in [-0.39, 0.29) is 18.1 Å². The molecule has 0 amide bonds. The summed E-state index contributed by atoms with van der Waals surface area (Å²) in [6.45, 7) is 5.20. The van der Waals surface area contributed by atoms with Crippen LogP contribution in [0.25, 0.3) is 32.8 Å². The molecule has 52 heavy (non-hydrogen) atoms. The molecule has 6 aromatic rings. The van der Waals surface area contributed by atoms with E-state index in [1.165, 1.54) is 0 Å². The highest BCUT2D eigenvalue weighted by Crippen LogP contribution is 2.44. The van der Waals surface area contributed by atoms with Gasteiger partial charge in [0.25, 0.3) is 0 Å². The topological polar surface area (TPSA) is 110 Å². The number of esters is 1. The fourth-order valence-electron chi connectivity index (χ4n) is 7.55. The number of sulfone groups is 1. The summed E-state index contributed by atoms with van der Waals surface area (Å²) in [7, 11) is -0.0368. The fraction of sp³-hybridized carbons (Fsp3) is 0.359. The van der Waals surface area contributed by atoms with E-state index in [4.69, 9.17) is 26.2 Å². The molecule has 0 radical (unpaired) electrons. The highest BCUT2D eigenvalue weighted by Gasteiger charge is 2.32. The molecule has 10 nitrogen and oxygen atoms in total. The number of aryl methyl sites for hydroxylation is 5. The van der Waals surface area contributed by atoms with Crippen LogP contribution in [0.4, 0.5) is 0 Å². The third-order valence-corrected chi connectivity index (χ3v) is 12.1. The van der Waals surface area contributed by atoms with E-state index in [2.05, 4.69) is 52.2 Å². The summed E-state index contributed by atoms with van der Waals surface area (Å²) in [5.74, 6) is -0.0836. The van der Waals surface area contributed by atoms with Gasteiger partial charge in [-0.15, -0.1) is 0 Å². The number of hydrogen-bond donors (Lipinski definition) is 0. The number of rotatable bonds is 13. The van der Waals surface area contributed by atoms with Crippen LogP contribution in [0.5, 0.6) is 5.75 Å². The van der Waals surface area contributed by atoms with Gasteiger partial charge in [-0.3, -0.25) is 9.36 Å². The second-order valence-corrected chi connectivity index (χ2v) is 16.4. The number of fused-ring (bicyclic) bond motifs is 3. The summed E-state index contributed by atoms with van der Waals surface area (Å²) in [4.78, 5) is 13.6. The molecule has 0 spiro atoms. The first kappa shape index (κ1) is 36.2. The minimum absolute atomic E-state index is 0.213. The van der Waals surface area contributed by atoms with Crippen molar-refractivity contribution in [2.75, 3.05) is 13.2 Å². The molecule has 0 bridgehead atoms. The van der Waals surface area contributed by atoms with Crippen molar-refractivity contribution in [1.29, 1.82) is 0 Å². The molecule has 4 heterocycles. The van der Waals surface area contributed by atoms with Crippen molar-refractivity contribution in [2.45, 2.75) is 62.9 Å². The minimum Gasteiger partial charge on any atom is -0.493 e. The van der Waals surface area contributed by atoms with E-state index < -0.39 is 15.8 Å². The smallest absolute Gasteiger partial charge is 0.355 e. The summed E-state index contributed by atoms with van der Waals surface area (Å²) in [6, 6.07) is 17.9. The first-order chi connectivity index (χ1) is 25.0. The van der Waals surface area contributed by atoms with Gasteiger partial charge in [-0.05, 0) is 74.2 Å². The van der Waals surface area contributed by atoms with Crippen molar-refractivity contribution >= 4 is 65.0 Å². The van der Waals surface area contributed by atoms with Crippen molar-refractivity contribution in [3.05, 3.63) is 99.2 Å². The third-order valence-electron chi connectivity index (χ3n) is 9.73. The third kappa shape index (κ3) is 6.88. The van der Waals surface area contributed by atoms with Gasteiger partial charge in [0.15, 0.2) is 9.84 Å². The number of hydrogen-bond acceptors (Lipinski definition) is 7. The second kappa shape index (κ2) is 14.7. The van der Waals surface area contributed by atoms with Gasteiger partial charge in [-0.1, -0.05) is 63.9 Å². The lowest BCUT2D eigenvalue weighted by atomic mass is 9.97. The standard InChI is InChI=1S/C39H41BrClN5O5S/c1-5-50-39(47)38-29(12-9-17-51-34-19-24(2)18-25-10-6-7-11-28(25)34)30-14-15-31(41)35(37(30)44(38)3)36-32(43-46-16-8-13-33(36)46)23-52(48,49)22-26-20-27(21-40)45(4)42-26/h6-7,10-11,14-15,18-20H,5,8-9,12-13,16-17,21-23H2,1-4H3. The van der Waals surface area contributed by atoms with Crippen LogP contribution in [0.3, 0.4) is 0 Å². The molecule has 0 atom stereocenters. The second-order valence-electron chi connectivity index (χ2n) is 13.4. The van der Waals surface area contributed by atoms with Crippen LogP contribution in [0.2, 0.25) is 5.02 Å². The summed E-state index contributed by atoms with van der Waals surface area (Å²) in [5.41, 5.74) is 7.29. The van der Waals surface area contributed by atoms with E-state index in [1.807, 2.05) is 40.6 Å². The molecule has 1 aliphatic rings. The molecule has 0 N–H and O–H groups in total. The lowest BCUT2D eigenvalue weighted by Gasteiger charge is -2.12. The Morgan fingerprint density at radius 2 is 1.83 bits per heavy atom. The SMILES string of the molecule is CCOC(=O)c1c(CCCOc2cc(C)cc3ccccc23)c2ccc(Cl)c(-c3c(CS(=O)(=O)Cc4cc(CBr)n(C)n4)nn4c3CCC4)c2n1C. The van der Waals surface area contributed by atoms with Gasteiger partial charge in [-0.2, -0.15) is 10.2 Å². The van der Waals surface area contributed by atoms with E-state index in [9.17, 15) is 13.2 Å². The molecule has 0 saturated carbocycles. The Labute approximate surface area is 316 Å². The number of carbonyl (C=O) groups excluding carboxylic acids is 1. The van der Waals surface area contributed by atoms with E-state index >= 15 is 0 Å². The number of nitrogens with zero attached hydrogens (tertiary/aromatic N) is 5. The van der Waals surface area contributed by atoms with Crippen molar-refractivity contribution in [3.63, 3.8) is 0 Å². The first-order valence-electron chi connectivity index (χ1n) is 17.5. The highest BCUT2D eigenvalue weighted by molar-refractivity contribution is 9.08. The average molecular weight is 807 g/mol. The number of halogens is 2. The average Bonchev–Trinajstić information content (AvgIpc) is 3.84. The zero-order chi connectivity index (χ0) is 36.7. The van der Waals surface area contributed by atoms with Gasteiger partial charge in [0.2, 0.25) is 0 Å². The number of benzene rings is 3. The molecule has 3 aromatic heterocycles. The molecule has 0 unspecified atom stereocenters.